The average molecular weight is 841 g/mol. The molecule has 0 aliphatic carbocycles. The molecule has 0 saturated carbocycles. The molecule has 60 heavy (non-hydrogen) atoms. The fourth-order valence-electron chi connectivity index (χ4n) is 8.02. The van der Waals surface area contributed by atoms with Gasteiger partial charge in [0.2, 0.25) is 0 Å². The predicted octanol–water partition coefficient (Wildman–Crippen LogP) is 10.0. The first kappa shape index (κ1) is 42.3. The van der Waals surface area contributed by atoms with E-state index in [1.807, 2.05) is 0 Å². The third-order valence-corrected chi connectivity index (χ3v) is 10.6. The maximum Gasteiger partial charge on any atom is 0.418 e. The van der Waals surface area contributed by atoms with Crippen LogP contribution in [0.2, 0.25) is 0 Å². The van der Waals surface area contributed by atoms with Gasteiger partial charge >= 0.3 is 18.3 Å². The lowest BCUT2D eigenvalue weighted by Crippen LogP contribution is -2.57. The maximum atomic E-state index is 17.1. The molecule has 2 saturated heterocycles. The molecular weight excluding hydrogens is 797 g/mol. The molecule has 0 N–H and O–H groups in total. The van der Waals surface area contributed by atoms with Gasteiger partial charge in [0, 0.05) is 42.7 Å². The van der Waals surface area contributed by atoms with Gasteiger partial charge in [-0.15, -0.1) is 0 Å². The van der Waals surface area contributed by atoms with Crippen LogP contribution >= 0.6 is 0 Å². The summed E-state index contributed by atoms with van der Waals surface area (Å²) in [6.07, 6.45) is -9.55. The van der Waals surface area contributed by atoms with Gasteiger partial charge in [-0.05, 0) is 93.6 Å². The van der Waals surface area contributed by atoms with E-state index in [0.717, 1.165) is 13.0 Å². The van der Waals surface area contributed by atoms with Crippen molar-refractivity contribution in [3.8, 4) is 22.8 Å². The maximum absolute atomic E-state index is 17.1. The number of aromatic nitrogens is 3. The summed E-state index contributed by atoms with van der Waals surface area (Å²) in [5, 5.41) is -0.333. The standard InChI is InChI=1S/C43H43F7N6O4/c1-23-17-32(54(19-24-7-13-28(58-5)14-8-24)20-25-9-15-29(59-6)16-10-25)51-37(34(23)43(48,49)50)33-30(38(45)46)18-31-36(35(33)44)52-40(47)53-39(31)55-21-26-11-12-27(22-55)56(26)41(57)60-42(2,3)4/h7-10,13-18,26-27,38H,11-12,19-22H2,1-6H3. The molecule has 1 amide bonds. The number of nitrogens with zero attached hydrogens (tertiary/aromatic N) is 6. The van der Waals surface area contributed by atoms with Crippen LogP contribution in [0.4, 0.5) is 47.2 Å². The Morgan fingerprint density at radius 3 is 1.88 bits per heavy atom. The summed E-state index contributed by atoms with van der Waals surface area (Å²) in [4.78, 5) is 29.7. The number of anilines is 2. The Bertz CT molecular complexity index is 2330. The number of halogens is 7. The fraction of sp³-hybridized carbons (Fsp3) is 0.395. The topological polar surface area (TPSA) is 93.2 Å². The van der Waals surface area contributed by atoms with E-state index in [9.17, 15) is 4.79 Å². The number of aryl methyl sites for hydroxylation is 1. The molecule has 2 atom stereocenters. The van der Waals surface area contributed by atoms with Crippen LogP contribution in [0.15, 0.2) is 60.7 Å². The van der Waals surface area contributed by atoms with Gasteiger partial charge in [0.1, 0.15) is 34.3 Å². The Labute approximate surface area is 341 Å². The highest BCUT2D eigenvalue weighted by atomic mass is 19.4. The van der Waals surface area contributed by atoms with Crippen LogP contribution in [0.25, 0.3) is 22.2 Å². The number of ether oxygens (including phenoxy) is 3. The average Bonchev–Trinajstić information content (AvgIpc) is 3.45. The lowest BCUT2D eigenvalue weighted by Gasteiger charge is -2.42. The normalized spacial score (nSPS) is 16.8. The Morgan fingerprint density at radius 1 is 0.850 bits per heavy atom. The Kier molecular flexibility index (Phi) is 11.5. The van der Waals surface area contributed by atoms with Gasteiger partial charge in [0.25, 0.3) is 6.43 Å². The summed E-state index contributed by atoms with van der Waals surface area (Å²) in [6, 6.07) is 15.0. The smallest absolute Gasteiger partial charge is 0.418 e. The van der Waals surface area contributed by atoms with Crippen molar-refractivity contribution in [3.63, 3.8) is 0 Å². The number of methoxy groups -OCH3 is 2. The monoisotopic (exact) mass is 840 g/mol. The number of rotatable bonds is 10. The minimum absolute atomic E-state index is 0.0743. The largest absolute Gasteiger partial charge is 0.497 e. The third kappa shape index (κ3) is 8.57. The van der Waals surface area contributed by atoms with Crippen molar-refractivity contribution in [2.45, 2.75) is 83.9 Å². The van der Waals surface area contributed by atoms with Crippen LogP contribution in [0.5, 0.6) is 11.5 Å². The molecule has 318 valence electrons. The number of carbonyl (C=O) groups is 1. The number of carbonyl (C=O) groups excluding carboxylic acids is 1. The third-order valence-electron chi connectivity index (χ3n) is 10.6. The number of hydrogen-bond donors (Lipinski definition) is 0. The van der Waals surface area contributed by atoms with Gasteiger partial charge < -0.3 is 24.0 Å². The van der Waals surface area contributed by atoms with Crippen molar-refractivity contribution in [3.05, 3.63) is 100 Å². The fourth-order valence-corrected chi connectivity index (χ4v) is 8.02. The Morgan fingerprint density at radius 2 is 1.40 bits per heavy atom. The second-order valence-corrected chi connectivity index (χ2v) is 15.9. The highest BCUT2D eigenvalue weighted by Gasteiger charge is 2.46. The molecule has 2 unspecified atom stereocenters. The van der Waals surface area contributed by atoms with Crippen LogP contribution < -0.4 is 19.3 Å². The van der Waals surface area contributed by atoms with Crippen molar-refractivity contribution in [2.75, 3.05) is 37.1 Å². The quantitative estimate of drug-likeness (QED) is 0.101. The van der Waals surface area contributed by atoms with Crippen LogP contribution in [0.1, 0.15) is 67.9 Å². The zero-order valence-electron chi connectivity index (χ0n) is 33.7. The summed E-state index contributed by atoms with van der Waals surface area (Å²) in [5.74, 6) is -0.792. The summed E-state index contributed by atoms with van der Waals surface area (Å²) in [5.41, 5.74) is -5.40. The SMILES string of the molecule is COc1ccc(CN(Cc2ccc(OC)cc2)c2cc(C)c(C(F)(F)F)c(-c3c(C(F)F)cc4c(N5CC6CCC(C5)N6C(=O)OC(C)(C)C)nc(F)nc4c3F)n2)cc1. The molecule has 2 aromatic heterocycles. The van der Waals surface area contributed by atoms with Crippen molar-refractivity contribution in [1.82, 2.24) is 19.9 Å². The van der Waals surface area contributed by atoms with E-state index in [-0.39, 0.29) is 43.2 Å². The number of benzene rings is 3. The summed E-state index contributed by atoms with van der Waals surface area (Å²) >= 11 is 0. The number of fused-ring (bicyclic) bond motifs is 3. The number of piperazine rings is 1. The Balaban J connectivity index is 1.37. The van der Waals surface area contributed by atoms with E-state index in [4.69, 9.17) is 14.2 Å². The molecule has 2 aliphatic heterocycles. The van der Waals surface area contributed by atoms with Gasteiger partial charge in [-0.3, -0.25) is 4.90 Å². The van der Waals surface area contributed by atoms with Gasteiger partial charge in [-0.2, -0.15) is 27.5 Å². The molecule has 2 bridgehead atoms. The van der Waals surface area contributed by atoms with Gasteiger partial charge in [-0.1, -0.05) is 24.3 Å². The first-order valence-corrected chi connectivity index (χ1v) is 19.2. The minimum atomic E-state index is -5.18. The van der Waals surface area contributed by atoms with E-state index in [1.165, 1.54) is 20.3 Å². The molecule has 4 heterocycles. The lowest BCUT2D eigenvalue weighted by molar-refractivity contribution is -0.137. The Hall–Kier alpha value is -5.87. The first-order valence-electron chi connectivity index (χ1n) is 19.2. The molecule has 17 heteroatoms. The van der Waals surface area contributed by atoms with Gasteiger partial charge in [0.15, 0.2) is 5.82 Å². The first-order chi connectivity index (χ1) is 28.3. The van der Waals surface area contributed by atoms with Gasteiger partial charge in [-0.25, -0.2) is 22.9 Å². The van der Waals surface area contributed by atoms with E-state index >= 15 is 30.7 Å². The number of pyridine rings is 1. The zero-order chi connectivity index (χ0) is 43.3. The van der Waals surface area contributed by atoms with E-state index < -0.39 is 81.7 Å². The highest BCUT2D eigenvalue weighted by Crippen LogP contribution is 2.46. The summed E-state index contributed by atoms with van der Waals surface area (Å²) in [7, 11) is 3.00. The number of alkyl halides is 5. The number of hydrogen-bond acceptors (Lipinski definition) is 9. The molecule has 0 radical (unpaired) electrons. The van der Waals surface area contributed by atoms with E-state index in [1.54, 1.807) is 84.0 Å². The second kappa shape index (κ2) is 16.3. The van der Waals surface area contributed by atoms with E-state index in [2.05, 4.69) is 15.0 Å². The van der Waals surface area contributed by atoms with Crippen LogP contribution in [0.3, 0.4) is 0 Å². The second-order valence-electron chi connectivity index (χ2n) is 15.9. The molecule has 2 aliphatic rings. The summed E-state index contributed by atoms with van der Waals surface area (Å²) < 4.78 is 124. The zero-order valence-corrected chi connectivity index (χ0v) is 33.7. The predicted molar refractivity (Wildman–Crippen MR) is 210 cm³/mol. The van der Waals surface area contributed by atoms with Crippen molar-refractivity contribution in [2.24, 2.45) is 0 Å². The highest BCUT2D eigenvalue weighted by molar-refractivity contribution is 5.95. The molecule has 7 rings (SSSR count). The molecule has 10 nitrogen and oxygen atoms in total. The van der Waals surface area contributed by atoms with Crippen LogP contribution in [-0.4, -0.2) is 70.9 Å². The van der Waals surface area contributed by atoms with Crippen molar-refractivity contribution in [1.29, 1.82) is 0 Å². The van der Waals surface area contributed by atoms with Crippen LogP contribution in [-0.2, 0) is 24.0 Å². The van der Waals surface area contributed by atoms with Gasteiger partial charge in [0.05, 0.1) is 37.6 Å². The molecule has 0 spiro atoms. The van der Waals surface area contributed by atoms with E-state index in [0.29, 0.717) is 35.5 Å². The molecular formula is C43H43F7N6O4. The lowest BCUT2D eigenvalue weighted by atomic mass is 9.94. The minimum Gasteiger partial charge on any atom is -0.497 e. The number of amides is 1. The van der Waals surface area contributed by atoms with Crippen molar-refractivity contribution >= 4 is 28.6 Å². The summed E-state index contributed by atoms with van der Waals surface area (Å²) in [6.45, 7) is 6.65. The molecule has 3 aromatic carbocycles. The van der Waals surface area contributed by atoms with Crippen LogP contribution in [0, 0.1) is 18.8 Å². The van der Waals surface area contributed by atoms with Crippen molar-refractivity contribution < 1.29 is 49.7 Å². The molecule has 2 fully saturated rings. The molecule has 5 aromatic rings.